The van der Waals surface area contributed by atoms with Gasteiger partial charge in [-0.15, -0.1) is 0 Å². The molecule has 1 aromatic carbocycles. The van der Waals surface area contributed by atoms with Gasteiger partial charge in [0.25, 0.3) is 0 Å². The second kappa shape index (κ2) is 4.68. The number of hydrogen-bond donors (Lipinski definition) is 0. The molecule has 1 amide bonds. The SMILES string of the molecule is COC(=O)C1CC(=O)N(c2cccc(C)c2)C1(C)C. The van der Waals surface area contributed by atoms with Crippen LogP contribution in [0.25, 0.3) is 0 Å². The number of hydrogen-bond acceptors (Lipinski definition) is 3. The molecule has 0 spiro atoms. The van der Waals surface area contributed by atoms with Gasteiger partial charge in [0, 0.05) is 12.1 Å². The molecule has 0 aliphatic carbocycles. The average molecular weight is 261 g/mol. The molecule has 2 rings (SSSR count). The number of rotatable bonds is 2. The van der Waals surface area contributed by atoms with Crippen molar-refractivity contribution in [2.45, 2.75) is 32.7 Å². The predicted octanol–water partition coefficient (Wildman–Crippen LogP) is 2.30. The minimum atomic E-state index is -0.571. The van der Waals surface area contributed by atoms with Crippen molar-refractivity contribution in [1.82, 2.24) is 0 Å². The summed E-state index contributed by atoms with van der Waals surface area (Å²) in [5.41, 5.74) is 1.35. The van der Waals surface area contributed by atoms with Crippen molar-refractivity contribution in [3.05, 3.63) is 29.8 Å². The molecule has 4 nitrogen and oxygen atoms in total. The molecule has 1 aliphatic rings. The number of esters is 1. The summed E-state index contributed by atoms with van der Waals surface area (Å²) in [5, 5.41) is 0. The van der Waals surface area contributed by atoms with E-state index < -0.39 is 11.5 Å². The summed E-state index contributed by atoms with van der Waals surface area (Å²) in [4.78, 5) is 25.8. The van der Waals surface area contributed by atoms with Crippen LogP contribution >= 0.6 is 0 Å². The van der Waals surface area contributed by atoms with E-state index in [-0.39, 0.29) is 18.3 Å². The number of anilines is 1. The largest absolute Gasteiger partial charge is 0.469 e. The Kier molecular flexibility index (Phi) is 3.35. The Balaban J connectivity index is 2.41. The molecule has 1 heterocycles. The molecule has 0 radical (unpaired) electrons. The van der Waals surface area contributed by atoms with E-state index in [4.69, 9.17) is 4.74 Å². The highest BCUT2D eigenvalue weighted by atomic mass is 16.5. The van der Waals surface area contributed by atoms with Crippen LogP contribution in [0.15, 0.2) is 24.3 Å². The Morgan fingerprint density at radius 3 is 2.68 bits per heavy atom. The van der Waals surface area contributed by atoms with Gasteiger partial charge in [0.05, 0.1) is 18.6 Å². The third kappa shape index (κ3) is 2.23. The number of amides is 1. The van der Waals surface area contributed by atoms with Crippen LogP contribution in [0.2, 0.25) is 0 Å². The number of carbonyl (C=O) groups is 2. The van der Waals surface area contributed by atoms with Crippen molar-refractivity contribution in [3.63, 3.8) is 0 Å². The molecule has 0 aromatic heterocycles. The molecule has 0 saturated carbocycles. The summed E-state index contributed by atoms with van der Waals surface area (Å²) in [7, 11) is 1.36. The minimum absolute atomic E-state index is 0.0361. The van der Waals surface area contributed by atoms with E-state index in [0.29, 0.717) is 0 Å². The van der Waals surface area contributed by atoms with Crippen LogP contribution in [-0.2, 0) is 14.3 Å². The van der Waals surface area contributed by atoms with Gasteiger partial charge < -0.3 is 9.64 Å². The quantitative estimate of drug-likeness (QED) is 0.767. The topological polar surface area (TPSA) is 46.6 Å². The van der Waals surface area contributed by atoms with Gasteiger partial charge in [0.2, 0.25) is 5.91 Å². The first-order valence-corrected chi connectivity index (χ1v) is 6.35. The maximum absolute atomic E-state index is 12.3. The van der Waals surface area contributed by atoms with Gasteiger partial charge in [-0.25, -0.2) is 0 Å². The molecular weight excluding hydrogens is 242 g/mol. The Hall–Kier alpha value is -1.84. The third-order valence-corrected chi connectivity index (χ3v) is 3.80. The van der Waals surface area contributed by atoms with Crippen LogP contribution in [-0.4, -0.2) is 24.5 Å². The zero-order valence-corrected chi connectivity index (χ0v) is 11.8. The number of aryl methyl sites for hydroxylation is 1. The second-order valence-electron chi connectivity index (χ2n) is 5.50. The summed E-state index contributed by atoms with van der Waals surface area (Å²) in [6.45, 7) is 5.79. The van der Waals surface area contributed by atoms with Gasteiger partial charge >= 0.3 is 5.97 Å². The predicted molar refractivity (Wildman–Crippen MR) is 72.9 cm³/mol. The van der Waals surface area contributed by atoms with Gasteiger partial charge in [0.1, 0.15) is 0 Å². The normalized spacial score (nSPS) is 21.6. The highest BCUT2D eigenvalue weighted by molar-refractivity contribution is 6.01. The molecule has 1 fully saturated rings. The Labute approximate surface area is 113 Å². The zero-order chi connectivity index (χ0) is 14.2. The van der Waals surface area contributed by atoms with Crippen LogP contribution in [0, 0.1) is 12.8 Å². The van der Waals surface area contributed by atoms with Crippen LogP contribution in [0.3, 0.4) is 0 Å². The molecule has 0 bridgehead atoms. The average Bonchev–Trinajstić information content (AvgIpc) is 2.58. The standard InChI is InChI=1S/C15H19NO3/c1-10-6-5-7-11(8-10)16-13(17)9-12(14(18)19-4)15(16,2)3/h5-8,12H,9H2,1-4H3. The summed E-state index contributed by atoms with van der Waals surface area (Å²) in [6.07, 6.45) is 0.202. The lowest BCUT2D eigenvalue weighted by molar-refractivity contribution is -0.147. The molecular formula is C15H19NO3. The molecule has 1 aliphatic heterocycles. The van der Waals surface area contributed by atoms with Gasteiger partial charge in [-0.05, 0) is 38.5 Å². The summed E-state index contributed by atoms with van der Waals surface area (Å²) in [5.74, 6) is -0.787. The van der Waals surface area contributed by atoms with Crippen molar-refractivity contribution in [2.24, 2.45) is 5.92 Å². The highest BCUT2D eigenvalue weighted by Gasteiger charge is 2.51. The first kappa shape index (κ1) is 13.6. The maximum atomic E-state index is 12.3. The lowest BCUT2D eigenvalue weighted by Crippen LogP contribution is -2.46. The molecule has 1 unspecified atom stereocenters. The van der Waals surface area contributed by atoms with Crippen molar-refractivity contribution < 1.29 is 14.3 Å². The Morgan fingerprint density at radius 2 is 2.11 bits per heavy atom. The number of carbonyl (C=O) groups excluding carboxylic acids is 2. The highest BCUT2D eigenvalue weighted by Crippen LogP contribution is 2.39. The van der Waals surface area contributed by atoms with Crippen LogP contribution in [0.4, 0.5) is 5.69 Å². The molecule has 4 heteroatoms. The second-order valence-corrected chi connectivity index (χ2v) is 5.50. The first-order chi connectivity index (χ1) is 8.87. The van der Waals surface area contributed by atoms with E-state index in [1.165, 1.54) is 7.11 Å². The van der Waals surface area contributed by atoms with E-state index in [9.17, 15) is 9.59 Å². The summed E-state index contributed by atoms with van der Waals surface area (Å²) >= 11 is 0. The van der Waals surface area contributed by atoms with Gasteiger partial charge in [0.15, 0.2) is 0 Å². The van der Waals surface area contributed by atoms with E-state index >= 15 is 0 Å². The van der Waals surface area contributed by atoms with E-state index in [1.807, 2.05) is 45.0 Å². The molecule has 1 atom stereocenters. The number of benzene rings is 1. The Bertz CT molecular complexity index is 522. The fourth-order valence-electron chi connectivity index (χ4n) is 2.75. The maximum Gasteiger partial charge on any atom is 0.311 e. The van der Waals surface area contributed by atoms with Gasteiger partial charge in [-0.2, -0.15) is 0 Å². The third-order valence-electron chi connectivity index (χ3n) is 3.80. The molecule has 1 saturated heterocycles. The van der Waals surface area contributed by atoms with Crippen LogP contribution in [0.1, 0.15) is 25.8 Å². The lowest BCUT2D eigenvalue weighted by atomic mass is 9.88. The van der Waals surface area contributed by atoms with Gasteiger partial charge in [-0.3, -0.25) is 9.59 Å². The minimum Gasteiger partial charge on any atom is -0.469 e. The van der Waals surface area contributed by atoms with Crippen molar-refractivity contribution in [3.8, 4) is 0 Å². The van der Waals surface area contributed by atoms with Crippen molar-refractivity contribution in [2.75, 3.05) is 12.0 Å². The first-order valence-electron chi connectivity index (χ1n) is 6.35. The van der Waals surface area contributed by atoms with Gasteiger partial charge in [-0.1, -0.05) is 12.1 Å². The van der Waals surface area contributed by atoms with Crippen LogP contribution in [0.5, 0.6) is 0 Å². The smallest absolute Gasteiger partial charge is 0.311 e. The van der Waals surface area contributed by atoms with Crippen LogP contribution < -0.4 is 4.90 Å². The zero-order valence-electron chi connectivity index (χ0n) is 11.8. The van der Waals surface area contributed by atoms with Crippen molar-refractivity contribution in [1.29, 1.82) is 0 Å². The lowest BCUT2D eigenvalue weighted by Gasteiger charge is -2.34. The molecule has 0 N–H and O–H groups in total. The summed E-state index contributed by atoms with van der Waals surface area (Å²) in [6, 6.07) is 7.75. The number of methoxy groups -OCH3 is 1. The molecule has 102 valence electrons. The fraction of sp³-hybridized carbons (Fsp3) is 0.467. The van der Waals surface area contributed by atoms with E-state index in [1.54, 1.807) is 4.90 Å². The van der Waals surface area contributed by atoms with E-state index in [2.05, 4.69) is 0 Å². The molecule has 19 heavy (non-hydrogen) atoms. The number of nitrogens with zero attached hydrogens (tertiary/aromatic N) is 1. The fourth-order valence-corrected chi connectivity index (χ4v) is 2.75. The van der Waals surface area contributed by atoms with E-state index in [0.717, 1.165) is 11.3 Å². The monoisotopic (exact) mass is 261 g/mol. The van der Waals surface area contributed by atoms with Crippen molar-refractivity contribution >= 4 is 17.6 Å². The number of ether oxygens (including phenoxy) is 1. The summed E-state index contributed by atoms with van der Waals surface area (Å²) < 4.78 is 4.81. The molecule has 1 aromatic rings. The Morgan fingerprint density at radius 1 is 1.42 bits per heavy atom.